The number of hydrogen-bond acceptors (Lipinski definition) is 0. The average Bonchev–Trinajstić information content (AvgIpc) is 1.77. The second kappa shape index (κ2) is 2.50. The molecule has 0 heterocycles. The maximum atomic E-state index is 12.3. The van der Waals surface area contributed by atoms with Gasteiger partial charge >= 0.3 is 61.0 Å². The van der Waals surface area contributed by atoms with Gasteiger partial charge in [0.2, 0.25) is 0 Å². The number of halogens is 1. The van der Waals surface area contributed by atoms with Gasteiger partial charge in [0, 0.05) is 0 Å². The Morgan fingerprint density at radius 1 is 1.25 bits per heavy atom. The van der Waals surface area contributed by atoms with Crippen molar-refractivity contribution < 1.29 is 4.39 Å². The van der Waals surface area contributed by atoms with Crippen molar-refractivity contribution in [2.45, 2.75) is 0 Å². The van der Waals surface area contributed by atoms with Crippen molar-refractivity contribution in [1.29, 1.82) is 0 Å². The fraction of sp³-hybridized carbons (Fsp3) is 0. The molecule has 0 nitrogen and oxygen atoms in total. The van der Waals surface area contributed by atoms with E-state index in [1.165, 1.54) is 29.1 Å². The van der Waals surface area contributed by atoms with E-state index in [0.29, 0.717) is 0 Å². The SMILES string of the molecule is Fc1cccc[c]1[Sb]. The minimum absolute atomic E-state index is 0.110. The molecule has 0 atom stereocenters. The fourth-order valence-electron chi connectivity index (χ4n) is 0.452. The van der Waals surface area contributed by atoms with E-state index in [4.69, 9.17) is 0 Å². The first-order chi connectivity index (χ1) is 3.80. The summed E-state index contributed by atoms with van der Waals surface area (Å²) in [6, 6.07) is 6.76. The Hall–Kier alpha value is -0.0318. The van der Waals surface area contributed by atoms with Crippen LogP contribution in [0.4, 0.5) is 4.39 Å². The molecule has 0 saturated carbocycles. The van der Waals surface area contributed by atoms with E-state index in [1.807, 2.05) is 6.07 Å². The zero-order chi connectivity index (χ0) is 5.98. The molecule has 2 radical (unpaired) electrons. The summed E-state index contributed by atoms with van der Waals surface area (Å²) in [5.41, 5.74) is 0. The predicted molar refractivity (Wildman–Crippen MR) is 31.8 cm³/mol. The molecule has 0 fully saturated rings. The third kappa shape index (κ3) is 1.22. The van der Waals surface area contributed by atoms with Gasteiger partial charge in [-0.15, -0.1) is 0 Å². The first-order valence-corrected chi connectivity index (χ1v) is 3.52. The van der Waals surface area contributed by atoms with Crippen LogP contribution in [0, 0.1) is 5.82 Å². The van der Waals surface area contributed by atoms with Gasteiger partial charge in [-0.05, 0) is 0 Å². The molecule has 2 heteroatoms. The van der Waals surface area contributed by atoms with Gasteiger partial charge in [0.15, 0.2) is 0 Å². The summed E-state index contributed by atoms with van der Waals surface area (Å²) in [4.78, 5) is 0. The van der Waals surface area contributed by atoms with Crippen LogP contribution >= 0.6 is 0 Å². The minimum atomic E-state index is -0.110. The van der Waals surface area contributed by atoms with Crippen molar-refractivity contribution in [3.8, 4) is 0 Å². The maximum absolute atomic E-state index is 12.3. The Kier molecular flexibility index (Phi) is 1.90. The van der Waals surface area contributed by atoms with Gasteiger partial charge in [0.25, 0.3) is 0 Å². The van der Waals surface area contributed by atoms with Crippen LogP contribution in [0.1, 0.15) is 0 Å². The van der Waals surface area contributed by atoms with Gasteiger partial charge in [-0.3, -0.25) is 0 Å². The first kappa shape index (κ1) is 6.09. The second-order valence-electron chi connectivity index (χ2n) is 1.45. The Bertz CT molecular complexity index is 165. The van der Waals surface area contributed by atoms with Crippen molar-refractivity contribution in [3.05, 3.63) is 30.1 Å². The van der Waals surface area contributed by atoms with E-state index in [2.05, 4.69) is 0 Å². The molecule has 0 aliphatic carbocycles. The van der Waals surface area contributed by atoms with Gasteiger partial charge in [0.05, 0.1) is 0 Å². The normalized spacial score (nSPS) is 9.25. The Labute approximate surface area is 61.2 Å². The Balaban J connectivity index is 3.13. The van der Waals surface area contributed by atoms with E-state index in [1.54, 1.807) is 12.1 Å². The van der Waals surface area contributed by atoms with Crippen LogP contribution in [0.5, 0.6) is 0 Å². The summed E-state index contributed by atoms with van der Waals surface area (Å²) in [7, 11) is 0. The van der Waals surface area contributed by atoms with Crippen molar-refractivity contribution in [1.82, 2.24) is 0 Å². The Morgan fingerprint density at radius 2 is 1.88 bits per heavy atom. The molecule has 0 aliphatic rings. The number of hydrogen-bond donors (Lipinski definition) is 0. The molecule has 8 heavy (non-hydrogen) atoms. The van der Waals surface area contributed by atoms with Crippen LogP contribution < -0.4 is 3.51 Å². The molecule has 0 aliphatic heterocycles. The zero-order valence-electron chi connectivity index (χ0n) is 4.13. The summed E-state index contributed by atoms with van der Waals surface area (Å²) >= 11 is 1.41. The van der Waals surface area contributed by atoms with Crippen molar-refractivity contribution in [3.63, 3.8) is 0 Å². The molecule has 1 aromatic rings. The van der Waals surface area contributed by atoms with Crippen molar-refractivity contribution in [2.24, 2.45) is 0 Å². The molecular weight excluding hydrogens is 213 g/mol. The van der Waals surface area contributed by atoms with Gasteiger partial charge in [-0.25, -0.2) is 0 Å². The summed E-state index contributed by atoms with van der Waals surface area (Å²) in [6.07, 6.45) is 0. The fourth-order valence-corrected chi connectivity index (χ4v) is 0.910. The van der Waals surface area contributed by atoms with E-state index in [9.17, 15) is 4.39 Å². The van der Waals surface area contributed by atoms with Crippen LogP contribution in [-0.4, -0.2) is 23.0 Å². The van der Waals surface area contributed by atoms with Gasteiger partial charge in [0.1, 0.15) is 0 Å². The topological polar surface area (TPSA) is 0 Å². The zero-order valence-corrected chi connectivity index (χ0v) is 6.69. The van der Waals surface area contributed by atoms with E-state index in [0.717, 1.165) is 3.51 Å². The number of benzene rings is 1. The number of rotatable bonds is 0. The summed E-state index contributed by atoms with van der Waals surface area (Å²) in [6.45, 7) is 0. The standard InChI is InChI=1S/C6H4F.Sb/c7-6-4-2-1-3-5-6;/h1-4H;. The van der Waals surface area contributed by atoms with Crippen LogP contribution in [0.15, 0.2) is 24.3 Å². The monoisotopic (exact) mass is 216 g/mol. The summed E-state index contributed by atoms with van der Waals surface area (Å²) < 4.78 is 13.1. The summed E-state index contributed by atoms with van der Waals surface area (Å²) in [5.74, 6) is -0.110. The molecule has 1 rings (SSSR count). The molecular formula is C6H4FSb. The van der Waals surface area contributed by atoms with E-state index in [-0.39, 0.29) is 5.82 Å². The third-order valence-corrected chi connectivity index (χ3v) is 1.89. The second-order valence-corrected chi connectivity index (χ2v) is 2.83. The molecule has 0 bridgehead atoms. The third-order valence-electron chi connectivity index (χ3n) is 0.852. The molecule has 0 spiro atoms. The molecule has 0 N–H and O–H groups in total. The van der Waals surface area contributed by atoms with Crippen molar-refractivity contribution in [2.75, 3.05) is 0 Å². The van der Waals surface area contributed by atoms with Crippen LogP contribution in [0.2, 0.25) is 0 Å². The molecule has 40 valence electrons. The van der Waals surface area contributed by atoms with Gasteiger partial charge in [-0.2, -0.15) is 0 Å². The molecule has 0 unspecified atom stereocenters. The molecule has 1 aromatic carbocycles. The van der Waals surface area contributed by atoms with E-state index >= 15 is 0 Å². The van der Waals surface area contributed by atoms with Crippen LogP contribution in [0.25, 0.3) is 0 Å². The quantitative estimate of drug-likeness (QED) is 0.558. The summed E-state index contributed by atoms with van der Waals surface area (Å²) in [5, 5.41) is 0. The van der Waals surface area contributed by atoms with Gasteiger partial charge in [-0.1, -0.05) is 0 Å². The van der Waals surface area contributed by atoms with Crippen LogP contribution in [-0.2, 0) is 0 Å². The molecule has 0 aromatic heterocycles. The van der Waals surface area contributed by atoms with Crippen molar-refractivity contribution >= 4 is 26.5 Å². The van der Waals surface area contributed by atoms with Gasteiger partial charge < -0.3 is 0 Å². The molecule has 0 amide bonds. The predicted octanol–water partition coefficient (Wildman–Crippen LogP) is 0.619. The first-order valence-electron chi connectivity index (χ1n) is 2.24. The van der Waals surface area contributed by atoms with E-state index < -0.39 is 0 Å². The molecule has 0 saturated heterocycles. The van der Waals surface area contributed by atoms with Crippen LogP contribution in [0.3, 0.4) is 0 Å². The average molecular weight is 217 g/mol. The Morgan fingerprint density at radius 3 is 2.25 bits per heavy atom.